The van der Waals surface area contributed by atoms with Crippen LogP contribution in [-0.2, 0) is 36.9 Å². The second-order valence-corrected chi connectivity index (χ2v) is 19.5. The second-order valence-electron chi connectivity index (χ2n) is 19.5. The summed E-state index contributed by atoms with van der Waals surface area (Å²) in [7, 11) is 0. The zero-order valence-corrected chi connectivity index (χ0v) is 40.9. The molecule has 69 heavy (non-hydrogen) atoms. The summed E-state index contributed by atoms with van der Waals surface area (Å²) >= 11 is 0. The standard InChI is InChI=1S/C28H39N5O5.C23H31N5O3/c1-20-16-29-19-32(20)17-21-9-8-10-22(15-21)30-25(34)24-18-31(26(35)38-28(2,3)4)13-14-33(24)27(36)37-23-11-6-5-7-12-23;1-17-13-25-16-27(17)15-18-6-5-7-19(12-18)26-22(29)21-14-24-10-11-28(21)23(30)31-20-8-3-2-4-9-20/h8-10,15-16,19,23-24H,5-7,11-14,17-18H2,1-4H3,(H,30,34);5-7,12-13,16,20-21,24H,2-4,8-11,14-15H2,1H3,(H,26,29). The third-order valence-electron chi connectivity index (χ3n) is 12.9. The van der Waals surface area contributed by atoms with Gasteiger partial charge in [-0.15, -0.1) is 0 Å². The smallest absolute Gasteiger partial charge is 0.410 e. The molecule has 2 unspecified atom stereocenters. The van der Waals surface area contributed by atoms with Crippen LogP contribution in [0.3, 0.4) is 0 Å². The van der Waals surface area contributed by atoms with E-state index in [1.54, 1.807) is 50.6 Å². The van der Waals surface area contributed by atoms with E-state index in [4.69, 9.17) is 14.2 Å². The topological polar surface area (TPSA) is 194 Å². The summed E-state index contributed by atoms with van der Waals surface area (Å²) in [4.78, 5) is 78.2. The first-order valence-electron chi connectivity index (χ1n) is 24.6. The molecule has 4 fully saturated rings. The Morgan fingerprint density at radius 1 is 0.652 bits per heavy atom. The Balaban J connectivity index is 0.000000208. The minimum absolute atomic E-state index is 0.0223. The number of piperazine rings is 2. The predicted octanol–water partition coefficient (Wildman–Crippen LogP) is 7.49. The van der Waals surface area contributed by atoms with Gasteiger partial charge in [0.2, 0.25) is 11.8 Å². The lowest BCUT2D eigenvalue weighted by Gasteiger charge is -2.40. The number of aromatic nitrogens is 4. The molecule has 4 aliphatic rings. The van der Waals surface area contributed by atoms with Crippen molar-refractivity contribution in [3.63, 3.8) is 0 Å². The second kappa shape index (κ2) is 23.7. The minimum Gasteiger partial charge on any atom is -0.446 e. The maximum atomic E-state index is 13.6. The molecule has 4 aromatic rings. The van der Waals surface area contributed by atoms with Crippen molar-refractivity contribution in [2.24, 2.45) is 0 Å². The van der Waals surface area contributed by atoms with Crippen LogP contribution in [0.25, 0.3) is 0 Å². The Labute approximate surface area is 405 Å². The normalized spacial score (nSPS) is 19.2. The van der Waals surface area contributed by atoms with Crippen LogP contribution in [-0.4, -0.2) is 133 Å². The molecule has 2 aliphatic heterocycles. The van der Waals surface area contributed by atoms with E-state index in [1.165, 1.54) is 16.2 Å². The Bertz CT molecular complexity index is 2360. The van der Waals surface area contributed by atoms with E-state index in [1.807, 2.05) is 67.1 Å². The lowest BCUT2D eigenvalue weighted by Crippen LogP contribution is -2.61. The van der Waals surface area contributed by atoms with Crippen LogP contribution >= 0.6 is 0 Å². The maximum Gasteiger partial charge on any atom is 0.410 e. The lowest BCUT2D eigenvalue weighted by molar-refractivity contribution is -0.123. The quantitative estimate of drug-likeness (QED) is 0.133. The van der Waals surface area contributed by atoms with E-state index in [0.29, 0.717) is 44.1 Å². The average Bonchev–Trinajstić information content (AvgIpc) is 3.94. The highest BCUT2D eigenvalue weighted by molar-refractivity contribution is 5.98. The number of nitrogens with one attached hydrogen (secondary N) is 3. The van der Waals surface area contributed by atoms with Crippen LogP contribution in [0, 0.1) is 13.8 Å². The van der Waals surface area contributed by atoms with Gasteiger partial charge in [-0.25, -0.2) is 24.4 Å². The molecule has 2 atom stereocenters. The monoisotopic (exact) mass is 951 g/mol. The van der Waals surface area contributed by atoms with E-state index >= 15 is 0 Å². The molecule has 18 nitrogen and oxygen atoms in total. The number of nitrogens with zero attached hydrogens (tertiary/aromatic N) is 7. The Hall–Kier alpha value is -6.43. The van der Waals surface area contributed by atoms with E-state index in [0.717, 1.165) is 80.3 Å². The summed E-state index contributed by atoms with van der Waals surface area (Å²) in [5, 5.41) is 9.15. The van der Waals surface area contributed by atoms with Crippen molar-refractivity contribution < 1.29 is 38.2 Å². The van der Waals surface area contributed by atoms with Gasteiger partial charge < -0.3 is 44.2 Å². The van der Waals surface area contributed by atoms with Crippen molar-refractivity contribution in [2.45, 2.75) is 142 Å². The van der Waals surface area contributed by atoms with Crippen LogP contribution < -0.4 is 16.0 Å². The third-order valence-corrected chi connectivity index (χ3v) is 12.9. The highest BCUT2D eigenvalue weighted by Crippen LogP contribution is 2.25. The van der Waals surface area contributed by atoms with Gasteiger partial charge in [0, 0.05) is 81.0 Å². The van der Waals surface area contributed by atoms with Gasteiger partial charge in [0.15, 0.2) is 0 Å². The highest BCUT2D eigenvalue weighted by atomic mass is 16.6. The van der Waals surface area contributed by atoms with Gasteiger partial charge in [-0.2, -0.15) is 0 Å². The summed E-state index contributed by atoms with van der Waals surface area (Å²) in [5.74, 6) is -0.585. The molecule has 8 rings (SSSR count). The number of hydrogen-bond donors (Lipinski definition) is 3. The fourth-order valence-electron chi connectivity index (χ4n) is 9.11. The number of carbonyl (C=O) groups excluding carboxylic acids is 5. The molecule has 0 spiro atoms. The van der Waals surface area contributed by atoms with Crippen LogP contribution in [0.2, 0.25) is 0 Å². The average molecular weight is 951 g/mol. The first-order chi connectivity index (χ1) is 33.2. The first kappa shape index (κ1) is 50.4. The van der Waals surface area contributed by atoms with Gasteiger partial charge in [-0.05, 0) is 121 Å². The predicted molar refractivity (Wildman–Crippen MR) is 261 cm³/mol. The number of rotatable bonds is 10. The molecule has 2 aliphatic carbocycles. The maximum absolute atomic E-state index is 13.6. The van der Waals surface area contributed by atoms with E-state index < -0.39 is 29.9 Å². The van der Waals surface area contributed by atoms with E-state index in [-0.39, 0.29) is 49.7 Å². The molecule has 5 amide bonds. The summed E-state index contributed by atoms with van der Waals surface area (Å²) in [6, 6.07) is 13.8. The van der Waals surface area contributed by atoms with Gasteiger partial charge in [-0.3, -0.25) is 19.4 Å². The number of carbonyl (C=O) groups is 5. The molecule has 372 valence electrons. The highest BCUT2D eigenvalue weighted by Gasteiger charge is 2.40. The number of aryl methyl sites for hydroxylation is 2. The molecule has 0 bridgehead atoms. The third kappa shape index (κ3) is 14.5. The minimum atomic E-state index is -0.910. The van der Waals surface area contributed by atoms with E-state index in [2.05, 4.69) is 30.5 Å². The molecule has 3 N–H and O–H groups in total. The summed E-state index contributed by atoms with van der Waals surface area (Å²) in [6.07, 6.45) is 15.7. The molecule has 2 aromatic carbocycles. The fourth-order valence-corrected chi connectivity index (χ4v) is 9.11. The molecule has 2 saturated heterocycles. The van der Waals surface area contributed by atoms with Gasteiger partial charge >= 0.3 is 18.3 Å². The van der Waals surface area contributed by atoms with E-state index in [9.17, 15) is 24.0 Å². The molecule has 2 aromatic heterocycles. The van der Waals surface area contributed by atoms with Gasteiger partial charge in [-0.1, -0.05) is 37.1 Å². The van der Waals surface area contributed by atoms with Crippen molar-refractivity contribution in [3.05, 3.63) is 96.1 Å². The van der Waals surface area contributed by atoms with Crippen LogP contribution in [0.15, 0.2) is 73.6 Å². The Morgan fingerprint density at radius 2 is 1.14 bits per heavy atom. The van der Waals surface area contributed by atoms with Crippen molar-refractivity contribution in [2.75, 3.05) is 49.9 Å². The zero-order valence-electron chi connectivity index (χ0n) is 40.9. The number of benzene rings is 2. The van der Waals surface area contributed by atoms with Crippen LogP contribution in [0.4, 0.5) is 25.8 Å². The zero-order chi connectivity index (χ0) is 48.9. The summed E-state index contributed by atoms with van der Waals surface area (Å²) < 4.78 is 21.1. The first-order valence-corrected chi connectivity index (χ1v) is 24.6. The molecular weight excluding hydrogens is 881 g/mol. The number of imidazole rings is 2. The number of hydrogen-bond acceptors (Lipinski definition) is 11. The summed E-state index contributed by atoms with van der Waals surface area (Å²) in [5.41, 5.74) is 4.84. The largest absolute Gasteiger partial charge is 0.446 e. The van der Waals surface area contributed by atoms with Gasteiger partial charge in [0.25, 0.3) is 0 Å². The fraction of sp³-hybridized carbons (Fsp3) is 0.549. The molecular formula is C51H70N10O8. The van der Waals surface area contributed by atoms with Crippen molar-refractivity contribution in [1.82, 2.24) is 39.1 Å². The lowest BCUT2D eigenvalue weighted by atomic mass is 9.98. The van der Waals surface area contributed by atoms with Crippen molar-refractivity contribution in [3.8, 4) is 0 Å². The van der Waals surface area contributed by atoms with Crippen molar-refractivity contribution >= 4 is 41.5 Å². The SMILES string of the molecule is Cc1cncn1Cc1cccc(NC(=O)C2CN(C(=O)OC(C)(C)C)CCN2C(=O)OC2CCCCC2)c1.Cc1cncn1Cc1cccc(NC(=O)C2CNCCN2C(=O)OC2CCCCC2)c1. The number of amides is 5. The van der Waals surface area contributed by atoms with Gasteiger partial charge in [0.1, 0.15) is 29.9 Å². The molecule has 0 radical (unpaired) electrons. The molecule has 2 saturated carbocycles. The van der Waals surface area contributed by atoms with Crippen LogP contribution in [0.5, 0.6) is 0 Å². The Morgan fingerprint density at radius 3 is 1.62 bits per heavy atom. The number of ether oxygens (including phenoxy) is 3. The van der Waals surface area contributed by atoms with Crippen LogP contribution in [0.1, 0.15) is 107 Å². The number of anilines is 2. The molecule has 4 heterocycles. The summed E-state index contributed by atoms with van der Waals surface area (Å²) in [6.45, 7) is 12.7. The van der Waals surface area contributed by atoms with Gasteiger partial charge in [0.05, 0.1) is 19.2 Å². The Kier molecular flexibility index (Phi) is 17.3. The molecule has 18 heteroatoms. The van der Waals surface area contributed by atoms with Crippen molar-refractivity contribution in [1.29, 1.82) is 0 Å².